The van der Waals surface area contributed by atoms with Gasteiger partial charge in [0.2, 0.25) is 0 Å². The maximum absolute atomic E-state index is 8.66. The lowest BCUT2D eigenvalue weighted by Gasteiger charge is -2.12. The van der Waals surface area contributed by atoms with Crippen molar-refractivity contribution in [2.24, 2.45) is 0 Å². The summed E-state index contributed by atoms with van der Waals surface area (Å²) < 4.78 is 0. The third-order valence-electron chi connectivity index (χ3n) is 2.20. The molecule has 0 unspecified atom stereocenters. The highest BCUT2D eigenvalue weighted by atomic mass is 16.2. The van der Waals surface area contributed by atoms with E-state index in [0.29, 0.717) is 6.04 Å². The minimum absolute atomic E-state index is 0.279. The van der Waals surface area contributed by atoms with Crippen molar-refractivity contribution in [3.8, 4) is 0 Å². The summed E-state index contributed by atoms with van der Waals surface area (Å²) in [6.07, 6.45) is 5.48. The van der Waals surface area contributed by atoms with Gasteiger partial charge in [0.25, 0.3) is 0 Å². The van der Waals surface area contributed by atoms with E-state index in [4.69, 9.17) is 5.11 Å². The first-order valence-electron chi connectivity index (χ1n) is 5.06. The molecule has 0 amide bonds. The molecule has 1 atom stereocenters. The van der Waals surface area contributed by atoms with Crippen LogP contribution in [0.3, 0.4) is 0 Å². The van der Waals surface area contributed by atoms with Gasteiger partial charge in [-0.2, -0.15) is 0 Å². The van der Waals surface area contributed by atoms with Crippen molar-refractivity contribution in [2.45, 2.75) is 32.4 Å². The van der Waals surface area contributed by atoms with E-state index in [9.17, 15) is 0 Å². The highest BCUT2D eigenvalue weighted by Crippen LogP contribution is 1.99. The Morgan fingerprint density at radius 3 is 2.79 bits per heavy atom. The normalized spacial score (nSPS) is 12.7. The molecule has 0 aliphatic carbocycles. The largest absolute Gasteiger partial charge is 0.396 e. The van der Waals surface area contributed by atoms with E-state index in [1.165, 1.54) is 5.56 Å². The van der Waals surface area contributed by atoms with E-state index in [0.717, 1.165) is 19.4 Å². The van der Waals surface area contributed by atoms with Gasteiger partial charge in [-0.1, -0.05) is 0 Å². The summed E-state index contributed by atoms with van der Waals surface area (Å²) in [5.74, 6) is 0. The average Bonchev–Trinajstić information content (AvgIpc) is 2.25. The first-order chi connectivity index (χ1) is 6.83. The molecule has 1 aromatic rings. The van der Waals surface area contributed by atoms with Crippen molar-refractivity contribution < 1.29 is 5.11 Å². The zero-order valence-electron chi connectivity index (χ0n) is 8.61. The number of aliphatic hydroxyl groups is 1. The summed E-state index contributed by atoms with van der Waals surface area (Å²) in [6.45, 7) is 3.28. The lowest BCUT2D eigenvalue weighted by Crippen LogP contribution is -2.25. The Balaban J connectivity index is 2.20. The van der Waals surface area contributed by atoms with Gasteiger partial charge >= 0.3 is 0 Å². The number of nitrogens with zero attached hydrogens (tertiary/aromatic N) is 1. The second-order valence-corrected chi connectivity index (χ2v) is 3.50. The Bertz CT molecular complexity index is 238. The lowest BCUT2D eigenvalue weighted by molar-refractivity contribution is 0.276. The fraction of sp³-hybridized carbons (Fsp3) is 0.545. The van der Waals surface area contributed by atoms with Crippen molar-refractivity contribution >= 4 is 0 Å². The van der Waals surface area contributed by atoms with Crippen molar-refractivity contribution in [2.75, 3.05) is 6.61 Å². The molecule has 0 aromatic carbocycles. The second kappa shape index (κ2) is 6.51. The van der Waals surface area contributed by atoms with Crippen LogP contribution in [0.15, 0.2) is 24.5 Å². The molecule has 0 radical (unpaired) electrons. The van der Waals surface area contributed by atoms with Gasteiger partial charge in [-0.15, -0.1) is 0 Å². The van der Waals surface area contributed by atoms with Crippen molar-refractivity contribution in [3.63, 3.8) is 0 Å². The summed E-state index contributed by atoms with van der Waals surface area (Å²) >= 11 is 0. The highest BCUT2D eigenvalue weighted by Gasteiger charge is 2.00. The van der Waals surface area contributed by atoms with Crippen LogP contribution < -0.4 is 5.32 Å². The number of hydrogen-bond donors (Lipinski definition) is 2. The molecular formula is C11H18N2O. The Kier molecular flexibility index (Phi) is 5.19. The minimum atomic E-state index is 0.279. The monoisotopic (exact) mass is 194 g/mol. The van der Waals surface area contributed by atoms with Crippen LogP contribution in [-0.4, -0.2) is 22.7 Å². The quantitative estimate of drug-likeness (QED) is 0.718. The van der Waals surface area contributed by atoms with Gasteiger partial charge in [-0.3, -0.25) is 4.98 Å². The first-order valence-corrected chi connectivity index (χ1v) is 5.06. The van der Waals surface area contributed by atoms with Gasteiger partial charge in [0, 0.05) is 31.6 Å². The molecule has 0 saturated carbocycles. The zero-order valence-corrected chi connectivity index (χ0v) is 8.61. The lowest BCUT2D eigenvalue weighted by atomic mass is 10.2. The molecule has 2 N–H and O–H groups in total. The van der Waals surface area contributed by atoms with Crippen LogP contribution in [-0.2, 0) is 6.54 Å². The molecule has 3 heteroatoms. The molecule has 1 heterocycles. The van der Waals surface area contributed by atoms with E-state index in [2.05, 4.69) is 17.2 Å². The van der Waals surface area contributed by atoms with Gasteiger partial charge in [0.1, 0.15) is 0 Å². The molecule has 0 saturated heterocycles. The fourth-order valence-electron chi connectivity index (χ4n) is 1.29. The van der Waals surface area contributed by atoms with Gasteiger partial charge in [0.15, 0.2) is 0 Å². The molecule has 0 aliphatic rings. The topological polar surface area (TPSA) is 45.1 Å². The maximum atomic E-state index is 8.66. The van der Waals surface area contributed by atoms with E-state index < -0.39 is 0 Å². The number of nitrogens with one attached hydrogen (secondary N) is 1. The summed E-state index contributed by atoms with van der Waals surface area (Å²) in [5.41, 5.74) is 1.25. The van der Waals surface area contributed by atoms with Gasteiger partial charge < -0.3 is 10.4 Å². The van der Waals surface area contributed by atoms with Gasteiger partial charge in [-0.25, -0.2) is 0 Å². The van der Waals surface area contributed by atoms with Gasteiger partial charge in [-0.05, 0) is 37.5 Å². The Morgan fingerprint density at radius 1 is 1.43 bits per heavy atom. The zero-order chi connectivity index (χ0) is 10.2. The third-order valence-corrected chi connectivity index (χ3v) is 2.20. The Hall–Kier alpha value is -0.930. The third kappa shape index (κ3) is 4.35. The van der Waals surface area contributed by atoms with Crippen LogP contribution >= 0.6 is 0 Å². The number of hydrogen-bond acceptors (Lipinski definition) is 3. The predicted molar refractivity (Wildman–Crippen MR) is 56.9 cm³/mol. The number of aliphatic hydroxyl groups excluding tert-OH is 1. The molecule has 0 spiro atoms. The SMILES string of the molecule is C[C@H](CCCO)NCc1ccncc1. The number of pyridine rings is 1. The number of rotatable bonds is 6. The standard InChI is InChI=1S/C11H18N2O/c1-10(3-2-8-14)13-9-11-4-6-12-7-5-11/h4-7,10,13-14H,2-3,8-9H2,1H3/t10-/m1/s1. The molecular weight excluding hydrogens is 176 g/mol. The summed E-state index contributed by atoms with van der Waals surface area (Å²) in [6, 6.07) is 4.47. The van der Waals surface area contributed by atoms with Crippen LogP contribution in [0.1, 0.15) is 25.3 Å². The highest BCUT2D eigenvalue weighted by molar-refractivity contribution is 5.09. The van der Waals surface area contributed by atoms with Crippen molar-refractivity contribution in [1.82, 2.24) is 10.3 Å². The van der Waals surface area contributed by atoms with Crippen LogP contribution in [0, 0.1) is 0 Å². The second-order valence-electron chi connectivity index (χ2n) is 3.50. The van der Waals surface area contributed by atoms with Gasteiger partial charge in [0.05, 0.1) is 0 Å². The van der Waals surface area contributed by atoms with Crippen LogP contribution in [0.2, 0.25) is 0 Å². The fourth-order valence-corrected chi connectivity index (χ4v) is 1.29. The van der Waals surface area contributed by atoms with E-state index in [-0.39, 0.29) is 6.61 Å². The summed E-state index contributed by atoms with van der Waals surface area (Å²) in [4.78, 5) is 3.96. The van der Waals surface area contributed by atoms with Crippen LogP contribution in [0.4, 0.5) is 0 Å². The van der Waals surface area contributed by atoms with E-state index in [1.807, 2.05) is 12.1 Å². The summed E-state index contributed by atoms with van der Waals surface area (Å²) in [7, 11) is 0. The molecule has 0 aliphatic heterocycles. The predicted octanol–water partition coefficient (Wildman–Crippen LogP) is 1.33. The molecule has 1 aromatic heterocycles. The maximum Gasteiger partial charge on any atom is 0.0431 e. The van der Waals surface area contributed by atoms with E-state index >= 15 is 0 Å². The minimum Gasteiger partial charge on any atom is -0.396 e. The molecule has 1 rings (SSSR count). The van der Waals surface area contributed by atoms with Crippen molar-refractivity contribution in [1.29, 1.82) is 0 Å². The van der Waals surface area contributed by atoms with Crippen LogP contribution in [0.5, 0.6) is 0 Å². The molecule has 3 nitrogen and oxygen atoms in total. The van der Waals surface area contributed by atoms with Crippen LogP contribution in [0.25, 0.3) is 0 Å². The molecule has 0 bridgehead atoms. The summed E-state index contributed by atoms with van der Waals surface area (Å²) in [5, 5.41) is 12.1. The Morgan fingerprint density at radius 2 is 2.14 bits per heavy atom. The molecule has 14 heavy (non-hydrogen) atoms. The number of aromatic nitrogens is 1. The molecule has 0 fully saturated rings. The Labute approximate surface area is 85.2 Å². The average molecular weight is 194 g/mol. The first kappa shape index (κ1) is 11.1. The van der Waals surface area contributed by atoms with Crippen molar-refractivity contribution in [3.05, 3.63) is 30.1 Å². The van der Waals surface area contributed by atoms with E-state index in [1.54, 1.807) is 12.4 Å². The molecule has 78 valence electrons. The smallest absolute Gasteiger partial charge is 0.0431 e.